The van der Waals surface area contributed by atoms with E-state index in [2.05, 4.69) is 15.1 Å². The molecule has 10 heteroatoms. The molecule has 0 amide bonds. The number of pyridine rings is 1. The van der Waals surface area contributed by atoms with Crippen LogP contribution in [0.5, 0.6) is 11.5 Å². The van der Waals surface area contributed by atoms with Crippen LogP contribution in [0.1, 0.15) is 11.1 Å². The highest BCUT2D eigenvalue weighted by Crippen LogP contribution is 2.30. The lowest BCUT2D eigenvalue weighted by atomic mass is 10.1. The second kappa shape index (κ2) is 8.71. The molecule has 35 heavy (non-hydrogen) atoms. The summed E-state index contributed by atoms with van der Waals surface area (Å²) in [6.45, 7) is -0.0460. The van der Waals surface area contributed by atoms with E-state index < -0.39 is 11.7 Å². The van der Waals surface area contributed by atoms with Gasteiger partial charge in [-0.2, -0.15) is 18.3 Å². The Morgan fingerprint density at radius 1 is 1.00 bits per heavy atom. The van der Waals surface area contributed by atoms with Crippen LogP contribution in [0.2, 0.25) is 0 Å². The summed E-state index contributed by atoms with van der Waals surface area (Å²) in [6, 6.07) is 13.2. The summed E-state index contributed by atoms with van der Waals surface area (Å²) in [5.74, 6) is 0.933. The number of nitrogens with zero attached hydrogens (tertiary/aromatic N) is 5. The van der Waals surface area contributed by atoms with Gasteiger partial charge in [0.15, 0.2) is 0 Å². The van der Waals surface area contributed by atoms with Gasteiger partial charge in [0.05, 0.1) is 41.2 Å². The summed E-state index contributed by atoms with van der Waals surface area (Å²) in [4.78, 5) is 21.7. The van der Waals surface area contributed by atoms with E-state index in [9.17, 15) is 18.0 Å². The van der Waals surface area contributed by atoms with Gasteiger partial charge in [0.25, 0.3) is 5.56 Å². The molecule has 0 fully saturated rings. The third-order valence-corrected chi connectivity index (χ3v) is 5.37. The summed E-state index contributed by atoms with van der Waals surface area (Å²) in [7, 11) is 1.81. The summed E-state index contributed by atoms with van der Waals surface area (Å²) in [6.07, 6.45) is 2.01. The predicted molar refractivity (Wildman–Crippen MR) is 123 cm³/mol. The zero-order chi connectivity index (χ0) is 24.6. The fourth-order valence-corrected chi connectivity index (χ4v) is 3.68. The molecule has 0 aliphatic carbocycles. The summed E-state index contributed by atoms with van der Waals surface area (Å²) in [5.41, 5.74) is 1.15. The van der Waals surface area contributed by atoms with Crippen LogP contribution in [0.3, 0.4) is 0 Å². The Kier molecular flexibility index (Phi) is 5.56. The number of alkyl halides is 3. The van der Waals surface area contributed by atoms with Gasteiger partial charge in [0.2, 0.25) is 0 Å². The van der Waals surface area contributed by atoms with E-state index in [1.165, 1.54) is 23.0 Å². The highest BCUT2D eigenvalue weighted by molar-refractivity contribution is 5.79. The molecule has 0 aliphatic rings. The van der Waals surface area contributed by atoms with Crippen molar-refractivity contribution in [2.45, 2.75) is 12.7 Å². The van der Waals surface area contributed by atoms with Crippen LogP contribution in [0.4, 0.5) is 13.2 Å². The molecule has 0 saturated heterocycles. The fourth-order valence-electron chi connectivity index (χ4n) is 3.68. The first-order valence-electron chi connectivity index (χ1n) is 10.5. The third-order valence-electron chi connectivity index (χ3n) is 5.37. The number of aryl methyl sites for hydroxylation is 1. The molecule has 0 atom stereocenters. The molecule has 0 aliphatic heterocycles. The van der Waals surface area contributed by atoms with Gasteiger partial charge in [-0.05, 0) is 42.0 Å². The molecule has 3 aromatic heterocycles. The van der Waals surface area contributed by atoms with Crippen molar-refractivity contribution in [2.24, 2.45) is 7.05 Å². The van der Waals surface area contributed by atoms with Gasteiger partial charge >= 0.3 is 6.18 Å². The van der Waals surface area contributed by atoms with Crippen molar-refractivity contribution in [1.29, 1.82) is 0 Å². The largest absolute Gasteiger partial charge is 0.457 e. The van der Waals surface area contributed by atoms with Crippen LogP contribution in [-0.2, 0) is 19.8 Å². The van der Waals surface area contributed by atoms with Gasteiger partial charge < -0.3 is 4.74 Å². The number of halogens is 3. The first kappa shape index (κ1) is 22.3. The van der Waals surface area contributed by atoms with Crippen LogP contribution in [0.25, 0.3) is 22.2 Å². The first-order valence-corrected chi connectivity index (χ1v) is 10.5. The van der Waals surface area contributed by atoms with Gasteiger partial charge in [-0.15, -0.1) is 0 Å². The molecule has 7 nitrogen and oxygen atoms in total. The molecule has 0 bridgehead atoms. The summed E-state index contributed by atoms with van der Waals surface area (Å²) >= 11 is 0. The smallest absolute Gasteiger partial charge is 0.416 e. The average Bonchev–Trinajstić information content (AvgIpc) is 3.27. The minimum atomic E-state index is -4.46. The van der Waals surface area contributed by atoms with Crippen molar-refractivity contribution in [3.63, 3.8) is 0 Å². The van der Waals surface area contributed by atoms with E-state index in [0.29, 0.717) is 33.7 Å². The molecule has 0 radical (unpaired) electrons. The maximum atomic E-state index is 13.1. The Balaban J connectivity index is 1.44. The van der Waals surface area contributed by atoms with Gasteiger partial charge in [0.1, 0.15) is 11.5 Å². The second-order valence-corrected chi connectivity index (χ2v) is 7.94. The van der Waals surface area contributed by atoms with Crippen LogP contribution in [-0.4, -0.2) is 24.3 Å². The molecule has 176 valence electrons. The van der Waals surface area contributed by atoms with E-state index in [-0.39, 0.29) is 12.1 Å². The first-order chi connectivity index (χ1) is 16.8. The molecule has 5 rings (SSSR count). The lowest BCUT2D eigenvalue weighted by Gasteiger charge is -2.11. The fraction of sp³-hybridized carbons (Fsp3) is 0.120. The Hall–Kier alpha value is -4.47. The lowest BCUT2D eigenvalue weighted by Crippen LogP contribution is -2.21. The van der Waals surface area contributed by atoms with Gasteiger partial charge in [-0.25, -0.2) is 4.98 Å². The molecule has 0 spiro atoms. The van der Waals surface area contributed by atoms with E-state index >= 15 is 0 Å². The maximum absolute atomic E-state index is 13.1. The van der Waals surface area contributed by atoms with E-state index in [0.717, 1.165) is 17.7 Å². The van der Waals surface area contributed by atoms with Crippen molar-refractivity contribution < 1.29 is 17.9 Å². The number of rotatable bonds is 5. The van der Waals surface area contributed by atoms with Crippen LogP contribution < -0.4 is 10.3 Å². The number of ether oxygens (including phenoxy) is 1. The topological polar surface area (TPSA) is 74.8 Å². The molecule has 0 saturated carbocycles. The van der Waals surface area contributed by atoms with Crippen molar-refractivity contribution in [2.75, 3.05) is 0 Å². The van der Waals surface area contributed by atoms with Crippen molar-refractivity contribution in [3.05, 3.63) is 101 Å². The molecule has 0 unspecified atom stereocenters. The Morgan fingerprint density at radius 3 is 2.60 bits per heavy atom. The number of hydrogen-bond donors (Lipinski definition) is 0. The zero-order valence-corrected chi connectivity index (χ0v) is 18.4. The van der Waals surface area contributed by atoms with E-state index in [1.54, 1.807) is 47.4 Å². The summed E-state index contributed by atoms with van der Waals surface area (Å²) < 4.78 is 48.0. The van der Waals surface area contributed by atoms with Crippen molar-refractivity contribution in [1.82, 2.24) is 24.3 Å². The lowest BCUT2D eigenvalue weighted by molar-refractivity contribution is -0.137. The monoisotopic (exact) mass is 477 g/mol. The number of benzene rings is 2. The van der Waals surface area contributed by atoms with Gasteiger partial charge in [-0.1, -0.05) is 12.1 Å². The van der Waals surface area contributed by atoms with Crippen LogP contribution in [0.15, 0.2) is 84.3 Å². The predicted octanol–water partition coefficient (Wildman–Crippen LogP) is 5.05. The van der Waals surface area contributed by atoms with Crippen LogP contribution >= 0.6 is 0 Å². The van der Waals surface area contributed by atoms with Gasteiger partial charge in [-0.3, -0.25) is 19.0 Å². The third kappa shape index (κ3) is 4.77. The number of hydrogen-bond acceptors (Lipinski definition) is 5. The maximum Gasteiger partial charge on any atom is 0.416 e. The minimum Gasteiger partial charge on any atom is -0.457 e. The average molecular weight is 477 g/mol. The standard InChI is InChI=1S/C25H18F3N5O2/c1-32-14-17(12-31-32)23-11-20(7-8-29-23)35-19-5-6-22-21(10-19)24(34)33(15-30-22)13-16-3-2-4-18(9-16)25(26,27)28/h2-12,14-15H,13H2,1H3. The highest BCUT2D eigenvalue weighted by atomic mass is 19.4. The molecular weight excluding hydrogens is 459 g/mol. The molecule has 3 heterocycles. The molecule has 0 N–H and O–H groups in total. The molecule has 2 aromatic carbocycles. The number of fused-ring (bicyclic) bond motifs is 1. The van der Waals surface area contributed by atoms with Crippen molar-refractivity contribution in [3.8, 4) is 22.8 Å². The quantitative estimate of drug-likeness (QED) is 0.354. The van der Waals surface area contributed by atoms with Crippen LogP contribution in [0, 0.1) is 0 Å². The second-order valence-electron chi connectivity index (χ2n) is 7.94. The SMILES string of the molecule is Cn1cc(-c2cc(Oc3ccc4ncn(Cc5cccc(C(F)(F)F)c5)c(=O)c4c3)ccn2)cn1. The summed E-state index contributed by atoms with van der Waals surface area (Å²) in [5, 5.41) is 4.43. The van der Waals surface area contributed by atoms with E-state index in [1.807, 2.05) is 13.2 Å². The Bertz CT molecular complexity index is 1590. The molecule has 5 aromatic rings. The minimum absolute atomic E-state index is 0.0460. The Morgan fingerprint density at radius 2 is 1.83 bits per heavy atom. The van der Waals surface area contributed by atoms with Crippen molar-refractivity contribution >= 4 is 10.9 Å². The number of aromatic nitrogens is 5. The normalized spacial score (nSPS) is 11.7. The Labute approximate surface area is 197 Å². The van der Waals surface area contributed by atoms with Gasteiger partial charge in [0, 0.05) is 31.1 Å². The highest BCUT2D eigenvalue weighted by Gasteiger charge is 2.30. The van der Waals surface area contributed by atoms with E-state index in [4.69, 9.17) is 4.74 Å². The zero-order valence-electron chi connectivity index (χ0n) is 18.4. The molecular formula is C25H18F3N5O2.